The Morgan fingerprint density at radius 3 is 2.33 bits per heavy atom. The van der Waals surface area contributed by atoms with Gasteiger partial charge in [0.15, 0.2) is 10.8 Å². The van der Waals surface area contributed by atoms with Gasteiger partial charge in [-0.1, -0.05) is 23.2 Å². The molecule has 0 aliphatic heterocycles. The van der Waals surface area contributed by atoms with Crippen LogP contribution < -0.4 is 0 Å². The van der Waals surface area contributed by atoms with Crippen LogP contribution in [-0.2, 0) is 28.3 Å². The van der Waals surface area contributed by atoms with Gasteiger partial charge in [-0.3, -0.25) is 0 Å². The first-order valence-electron chi connectivity index (χ1n) is 7.34. The summed E-state index contributed by atoms with van der Waals surface area (Å²) in [4.78, 5) is -0.883. The molecular formula is C15H6Cl2F6N4O2S. The van der Waals surface area contributed by atoms with Gasteiger partial charge in [-0.25, -0.2) is 8.89 Å². The summed E-state index contributed by atoms with van der Waals surface area (Å²) < 4.78 is 95.4. The molecule has 0 N–H and O–H groups in total. The van der Waals surface area contributed by atoms with E-state index in [0.717, 1.165) is 0 Å². The number of nitriles is 2. The number of hydrogen-bond acceptors (Lipinski definition) is 5. The van der Waals surface area contributed by atoms with E-state index in [9.17, 15) is 30.6 Å². The maximum atomic E-state index is 13.1. The van der Waals surface area contributed by atoms with Crippen molar-refractivity contribution in [1.29, 1.82) is 10.5 Å². The van der Waals surface area contributed by atoms with E-state index < -0.39 is 73.1 Å². The second-order valence-corrected chi connectivity index (χ2v) is 7.51. The van der Waals surface area contributed by atoms with E-state index in [-0.39, 0.29) is 0 Å². The van der Waals surface area contributed by atoms with E-state index >= 15 is 0 Å². The summed E-state index contributed by atoms with van der Waals surface area (Å²) in [6.45, 7) is -1.30. The molecule has 1 unspecified atom stereocenters. The van der Waals surface area contributed by atoms with Crippen LogP contribution >= 0.6 is 23.2 Å². The highest BCUT2D eigenvalue weighted by Gasteiger charge is 2.41. The van der Waals surface area contributed by atoms with Gasteiger partial charge < -0.3 is 4.74 Å². The van der Waals surface area contributed by atoms with Gasteiger partial charge in [0.05, 0.1) is 50.6 Å². The quantitative estimate of drug-likeness (QED) is 0.446. The minimum Gasteiger partial charge on any atom is -0.360 e. The van der Waals surface area contributed by atoms with Crippen molar-refractivity contribution in [2.24, 2.45) is 0 Å². The Balaban J connectivity index is 2.79. The SMILES string of the molecule is N#CCOCc1c(S(=O)C(F)(F)F)cnn1-c1c(Cl)cc(C(F)(F)F)c(C#N)c1Cl. The molecule has 0 spiro atoms. The number of alkyl halides is 6. The fraction of sp³-hybridized carbons (Fsp3) is 0.267. The van der Waals surface area contributed by atoms with Crippen molar-refractivity contribution in [3.8, 4) is 17.8 Å². The molecule has 1 aromatic carbocycles. The molecule has 0 fully saturated rings. The molecule has 0 bridgehead atoms. The van der Waals surface area contributed by atoms with Gasteiger partial charge in [-0.2, -0.15) is 42.0 Å². The Kier molecular flexibility index (Phi) is 7.04. The van der Waals surface area contributed by atoms with Gasteiger partial charge in [0, 0.05) is 0 Å². The highest BCUT2D eigenvalue weighted by Crippen LogP contribution is 2.42. The summed E-state index contributed by atoms with van der Waals surface area (Å²) in [7, 11) is -3.59. The summed E-state index contributed by atoms with van der Waals surface area (Å²) in [5.41, 5.74) is -8.78. The van der Waals surface area contributed by atoms with E-state index in [2.05, 4.69) is 5.10 Å². The van der Waals surface area contributed by atoms with Crippen LogP contribution in [0.3, 0.4) is 0 Å². The van der Waals surface area contributed by atoms with E-state index in [1.807, 2.05) is 0 Å². The molecule has 0 saturated carbocycles. The molecule has 0 amide bonds. The lowest BCUT2D eigenvalue weighted by atomic mass is 10.1. The lowest BCUT2D eigenvalue weighted by Gasteiger charge is -2.17. The van der Waals surface area contributed by atoms with Crippen LogP contribution in [0.2, 0.25) is 10.0 Å². The molecule has 0 radical (unpaired) electrons. The highest BCUT2D eigenvalue weighted by molar-refractivity contribution is 7.86. The Hall–Kier alpha value is -2.32. The van der Waals surface area contributed by atoms with Gasteiger partial charge in [0.25, 0.3) is 0 Å². The number of nitrogens with zero attached hydrogens (tertiary/aromatic N) is 4. The van der Waals surface area contributed by atoms with E-state index in [4.69, 9.17) is 38.5 Å². The molecule has 0 aliphatic carbocycles. The molecule has 0 aliphatic rings. The molecule has 15 heteroatoms. The Bertz CT molecular complexity index is 1090. The lowest BCUT2D eigenvalue weighted by Crippen LogP contribution is -2.18. The lowest BCUT2D eigenvalue weighted by molar-refractivity contribution is -0.137. The molecule has 2 aromatic rings. The number of benzene rings is 1. The van der Waals surface area contributed by atoms with Gasteiger partial charge in [0.2, 0.25) is 0 Å². The Labute approximate surface area is 176 Å². The average molecular weight is 491 g/mol. The zero-order valence-corrected chi connectivity index (χ0v) is 16.4. The zero-order chi connectivity index (χ0) is 22.9. The van der Waals surface area contributed by atoms with Crippen molar-refractivity contribution in [2.45, 2.75) is 23.2 Å². The molecule has 1 atom stereocenters. The van der Waals surface area contributed by atoms with Crippen molar-refractivity contribution < 1.29 is 35.3 Å². The summed E-state index contributed by atoms with van der Waals surface area (Å²) >= 11 is 11.8. The maximum absolute atomic E-state index is 13.1. The van der Waals surface area contributed by atoms with Gasteiger partial charge in [-0.15, -0.1) is 0 Å². The van der Waals surface area contributed by atoms with Crippen molar-refractivity contribution in [1.82, 2.24) is 9.78 Å². The number of rotatable bonds is 5. The zero-order valence-electron chi connectivity index (χ0n) is 14.1. The van der Waals surface area contributed by atoms with Gasteiger partial charge in [0.1, 0.15) is 18.4 Å². The monoisotopic (exact) mass is 490 g/mol. The third-order valence-corrected chi connectivity index (χ3v) is 5.29. The molecule has 1 aromatic heterocycles. The van der Waals surface area contributed by atoms with E-state index in [1.54, 1.807) is 6.07 Å². The largest absolute Gasteiger partial charge is 0.475 e. The van der Waals surface area contributed by atoms with Crippen LogP contribution in [0, 0.1) is 22.7 Å². The third-order valence-electron chi connectivity index (χ3n) is 3.47. The molecule has 2 rings (SSSR count). The fourth-order valence-electron chi connectivity index (χ4n) is 2.29. The normalized spacial score (nSPS) is 13.0. The summed E-state index contributed by atoms with van der Waals surface area (Å²) in [6, 6.07) is 3.20. The first-order valence-corrected chi connectivity index (χ1v) is 9.25. The van der Waals surface area contributed by atoms with Crippen LogP contribution in [0.4, 0.5) is 26.3 Å². The minimum absolute atomic E-state index is 0.364. The second-order valence-electron chi connectivity index (χ2n) is 5.29. The second kappa shape index (κ2) is 8.81. The minimum atomic E-state index is -5.19. The van der Waals surface area contributed by atoms with Gasteiger partial charge >= 0.3 is 11.7 Å². The first kappa shape index (κ1) is 24.0. The standard InChI is InChI=1S/C15H6Cl2F6N4O2S/c16-9-3-8(14(18,19)20)7(4-25)12(17)13(9)27-10(6-29-2-1-24)11(5-26-27)30(28)15(21,22)23/h3,5H,2,6H2. The van der Waals surface area contributed by atoms with E-state index in [0.29, 0.717) is 16.9 Å². The molecule has 30 heavy (non-hydrogen) atoms. The van der Waals surface area contributed by atoms with Crippen molar-refractivity contribution >= 4 is 34.0 Å². The molecule has 6 nitrogen and oxygen atoms in total. The summed E-state index contributed by atoms with van der Waals surface area (Å²) in [6.07, 6.45) is -4.45. The topological polar surface area (TPSA) is 91.7 Å². The van der Waals surface area contributed by atoms with Crippen molar-refractivity contribution in [3.05, 3.63) is 39.1 Å². The number of ether oxygens (including phenoxy) is 1. The maximum Gasteiger partial charge on any atom is 0.475 e. The molecular weight excluding hydrogens is 485 g/mol. The predicted octanol–water partition coefficient (Wildman–Crippen LogP) is 4.74. The van der Waals surface area contributed by atoms with Crippen LogP contribution in [0.25, 0.3) is 5.69 Å². The van der Waals surface area contributed by atoms with Crippen LogP contribution in [0.15, 0.2) is 17.2 Å². The number of halogens is 8. The first-order chi connectivity index (χ1) is 13.8. The van der Waals surface area contributed by atoms with Crippen LogP contribution in [0.5, 0.6) is 0 Å². The van der Waals surface area contributed by atoms with Gasteiger partial charge in [-0.05, 0) is 6.07 Å². The number of hydrogen-bond donors (Lipinski definition) is 0. The average Bonchev–Trinajstić information content (AvgIpc) is 3.02. The fourth-order valence-corrected chi connectivity index (χ4v) is 3.70. The Morgan fingerprint density at radius 2 is 1.83 bits per heavy atom. The van der Waals surface area contributed by atoms with E-state index in [1.165, 1.54) is 6.07 Å². The highest BCUT2D eigenvalue weighted by atomic mass is 35.5. The molecule has 0 saturated heterocycles. The van der Waals surface area contributed by atoms with Crippen molar-refractivity contribution in [3.63, 3.8) is 0 Å². The van der Waals surface area contributed by atoms with Crippen LogP contribution in [0.1, 0.15) is 16.8 Å². The summed E-state index contributed by atoms with van der Waals surface area (Å²) in [5, 5.41) is 19.7. The molecule has 1 heterocycles. The van der Waals surface area contributed by atoms with Crippen molar-refractivity contribution in [2.75, 3.05) is 6.61 Å². The van der Waals surface area contributed by atoms with Crippen LogP contribution in [-0.4, -0.2) is 26.1 Å². The smallest absolute Gasteiger partial charge is 0.360 e. The Morgan fingerprint density at radius 1 is 1.20 bits per heavy atom. The third kappa shape index (κ3) is 4.70. The predicted molar refractivity (Wildman–Crippen MR) is 91.0 cm³/mol. The molecule has 160 valence electrons. The summed E-state index contributed by atoms with van der Waals surface area (Å²) in [5.74, 6) is 0. The number of aromatic nitrogens is 2.